The van der Waals surface area contributed by atoms with E-state index in [1.807, 2.05) is 0 Å². The summed E-state index contributed by atoms with van der Waals surface area (Å²) in [7, 11) is 0. The lowest BCUT2D eigenvalue weighted by atomic mass is 10.1. The molecule has 11 heavy (non-hydrogen) atoms. The third-order valence-corrected chi connectivity index (χ3v) is 1.37. The van der Waals surface area contributed by atoms with Gasteiger partial charge in [-0.2, -0.15) is 0 Å². The van der Waals surface area contributed by atoms with Crippen molar-refractivity contribution in [2.75, 3.05) is 0 Å². The second-order valence-electron chi connectivity index (χ2n) is 2.54. The molecule has 0 bridgehead atoms. The zero-order valence-corrected chi connectivity index (χ0v) is 7.30. The van der Waals surface area contributed by atoms with Gasteiger partial charge in [0.2, 0.25) is 0 Å². The topological polar surface area (TPSA) is 26.3 Å². The van der Waals surface area contributed by atoms with Gasteiger partial charge >= 0.3 is 5.97 Å². The molecule has 1 atom stereocenters. The molecule has 0 rings (SSSR count). The van der Waals surface area contributed by atoms with Crippen molar-refractivity contribution in [2.24, 2.45) is 0 Å². The SMILES string of the molecule is C=CC[C@@H](CCC)OC(C)=O. The van der Waals surface area contributed by atoms with Crippen LogP contribution in [-0.4, -0.2) is 12.1 Å². The molecular weight excluding hydrogens is 140 g/mol. The highest BCUT2D eigenvalue weighted by atomic mass is 16.5. The third-order valence-electron chi connectivity index (χ3n) is 1.37. The molecule has 0 aliphatic rings. The number of hydrogen-bond acceptors (Lipinski definition) is 2. The highest BCUT2D eigenvalue weighted by Gasteiger charge is 2.07. The summed E-state index contributed by atoms with van der Waals surface area (Å²) in [5.74, 6) is -0.203. The van der Waals surface area contributed by atoms with Gasteiger partial charge in [0.1, 0.15) is 6.10 Å². The molecule has 0 radical (unpaired) electrons. The first-order valence-corrected chi connectivity index (χ1v) is 3.98. The van der Waals surface area contributed by atoms with E-state index in [1.54, 1.807) is 6.08 Å². The van der Waals surface area contributed by atoms with E-state index in [2.05, 4.69) is 13.5 Å². The van der Waals surface area contributed by atoms with Crippen molar-refractivity contribution in [1.82, 2.24) is 0 Å². The van der Waals surface area contributed by atoms with E-state index >= 15 is 0 Å². The van der Waals surface area contributed by atoms with Crippen LogP contribution in [0.25, 0.3) is 0 Å². The molecule has 0 aromatic carbocycles. The Hall–Kier alpha value is -0.790. The summed E-state index contributed by atoms with van der Waals surface area (Å²) in [6, 6.07) is 0. The maximum Gasteiger partial charge on any atom is 0.302 e. The molecule has 64 valence electrons. The summed E-state index contributed by atoms with van der Waals surface area (Å²) < 4.78 is 5.02. The molecule has 0 aliphatic carbocycles. The van der Waals surface area contributed by atoms with Crippen molar-refractivity contribution in [1.29, 1.82) is 0 Å². The number of carbonyl (C=O) groups is 1. The second kappa shape index (κ2) is 5.96. The standard InChI is InChI=1S/C9H16O2/c1-4-6-9(7-5-2)11-8(3)10/h4,9H,1,5-7H2,2-3H3/t9-/m0/s1. The Morgan fingerprint density at radius 3 is 2.73 bits per heavy atom. The molecule has 0 unspecified atom stereocenters. The molecule has 0 saturated carbocycles. The minimum Gasteiger partial charge on any atom is -0.462 e. The summed E-state index contributed by atoms with van der Waals surface area (Å²) in [6.45, 7) is 7.10. The van der Waals surface area contributed by atoms with Gasteiger partial charge in [-0.25, -0.2) is 0 Å². The summed E-state index contributed by atoms with van der Waals surface area (Å²) >= 11 is 0. The largest absolute Gasteiger partial charge is 0.462 e. The normalized spacial score (nSPS) is 12.2. The van der Waals surface area contributed by atoms with Crippen molar-refractivity contribution in [3.05, 3.63) is 12.7 Å². The number of esters is 1. The molecule has 0 saturated heterocycles. The van der Waals surface area contributed by atoms with Crippen LogP contribution in [0.3, 0.4) is 0 Å². The summed E-state index contributed by atoms with van der Waals surface area (Å²) in [5, 5.41) is 0. The van der Waals surface area contributed by atoms with Crippen LogP contribution in [0.5, 0.6) is 0 Å². The molecule has 0 aromatic heterocycles. The summed E-state index contributed by atoms with van der Waals surface area (Å²) in [5.41, 5.74) is 0. The summed E-state index contributed by atoms with van der Waals surface area (Å²) in [4.78, 5) is 10.5. The first-order chi connectivity index (χ1) is 5.20. The van der Waals surface area contributed by atoms with Crippen molar-refractivity contribution in [2.45, 2.75) is 39.2 Å². The van der Waals surface area contributed by atoms with Gasteiger partial charge < -0.3 is 4.74 Å². The Balaban J connectivity index is 3.67. The number of carbonyl (C=O) groups excluding carboxylic acids is 1. The van der Waals surface area contributed by atoms with Crippen molar-refractivity contribution in [3.63, 3.8) is 0 Å². The van der Waals surface area contributed by atoms with Gasteiger partial charge in [0.05, 0.1) is 0 Å². The fourth-order valence-electron chi connectivity index (χ4n) is 0.967. The minimum absolute atomic E-state index is 0.0370. The zero-order chi connectivity index (χ0) is 8.69. The third kappa shape index (κ3) is 5.64. The van der Waals surface area contributed by atoms with Gasteiger partial charge in [-0.15, -0.1) is 6.58 Å². The van der Waals surface area contributed by atoms with E-state index in [1.165, 1.54) is 6.92 Å². The summed E-state index contributed by atoms with van der Waals surface area (Å²) in [6.07, 6.45) is 4.53. The van der Waals surface area contributed by atoms with Crippen LogP contribution >= 0.6 is 0 Å². The smallest absolute Gasteiger partial charge is 0.302 e. The van der Waals surface area contributed by atoms with Gasteiger partial charge in [-0.05, 0) is 6.42 Å². The molecular formula is C9H16O2. The molecule has 0 aliphatic heterocycles. The lowest BCUT2D eigenvalue weighted by molar-refractivity contribution is -0.146. The predicted molar refractivity (Wildman–Crippen MR) is 45.3 cm³/mol. The Bertz CT molecular complexity index is 130. The Morgan fingerprint density at radius 1 is 1.73 bits per heavy atom. The van der Waals surface area contributed by atoms with Crippen LogP contribution in [0.4, 0.5) is 0 Å². The lowest BCUT2D eigenvalue weighted by Crippen LogP contribution is -2.14. The quantitative estimate of drug-likeness (QED) is 0.451. The second-order valence-corrected chi connectivity index (χ2v) is 2.54. The highest BCUT2D eigenvalue weighted by Crippen LogP contribution is 2.07. The van der Waals surface area contributed by atoms with E-state index in [0.29, 0.717) is 0 Å². The van der Waals surface area contributed by atoms with E-state index < -0.39 is 0 Å². The Morgan fingerprint density at radius 2 is 2.36 bits per heavy atom. The molecule has 0 fully saturated rings. The number of rotatable bonds is 5. The van der Waals surface area contributed by atoms with E-state index in [9.17, 15) is 4.79 Å². The van der Waals surface area contributed by atoms with E-state index in [-0.39, 0.29) is 12.1 Å². The molecule has 0 amide bonds. The number of ether oxygens (including phenoxy) is 1. The molecule has 2 heteroatoms. The van der Waals surface area contributed by atoms with Crippen LogP contribution in [0.15, 0.2) is 12.7 Å². The van der Waals surface area contributed by atoms with Crippen molar-refractivity contribution < 1.29 is 9.53 Å². The Kier molecular flexibility index (Phi) is 5.53. The van der Waals surface area contributed by atoms with Gasteiger partial charge in [-0.1, -0.05) is 19.4 Å². The average Bonchev–Trinajstić information content (AvgIpc) is 1.87. The molecule has 0 heterocycles. The first kappa shape index (κ1) is 10.2. The maximum atomic E-state index is 10.5. The lowest BCUT2D eigenvalue weighted by Gasteiger charge is -2.13. The highest BCUT2D eigenvalue weighted by molar-refractivity contribution is 5.66. The number of hydrogen-bond donors (Lipinski definition) is 0. The maximum absolute atomic E-state index is 10.5. The van der Waals surface area contributed by atoms with Crippen LogP contribution in [0, 0.1) is 0 Å². The molecule has 0 spiro atoms. The van der Waals surface area contributed by atoms with Crippen LogP contribution in [-0.2, 0) is 9.53 Å². The van der Waals surface area contributed by atoms with E-state index in [4.69, 9.17) is 4.74 Å². The molecule has 0 N–H and O–H groups in total. The van der Waals surface area contributed by atoms with Gasteiger partial charge in [0, 0.05) is 13.3 Å². The van der Waals surface area contributed by atoms with Crippen LogP contribution in [0.1, 0.15) is 33.1 Å². The van der Waals surface area contributed by atoms with Crippen molar-refractivity contribution in [3.8, 4) is 0 Å². The first-order valence-electron chi connectivity index (χ1n) is 3.98. The fourth-order valence-corrected chi connectivity index (χ4v) is 0.967. The monoisotopic (exact) mass is 156 g/mol. The molecule has 2 nitrogen and oxygen atoms in total. The fraction of sp³-hybridized carbons (Fsp3) is 0.667. The average molecular weight is 156 g/mol. The van der Waals surface area contributed by atoms with Gasteiger partial charge in [0.25, 0.3) is 0 Å². The van der Waals surface area contributed by atoms with Crippen molar-refractivity contribution >= 4 is 5.97 Å². The Labute approximate surface area is 68.2 Å². The zero-order valence-electron chi connectivity index (χ0n) is 7.30. The van der Waals surface area contributed by atoms with Gasteiger partial charge in [-0.3, -0.25) is 4.79 Å². The predicted octanol–water partition coefficient (Wildman–Crippen LogP) is 2.29. The van der Waals surface area contributed by atoms with Crippen LogP contribution < -0.4 is 0 Å². The van der Waals surface area contributed by atoms with E-state index in [0.717, 1.165) is 19.3 Å². The van der Waals surface area contributed by atoms with Gasteiger partial charge in [0.15, 0.2) is 0 Å². The van der Waals surface area contributed by atoms with Crippen LogP contribution in [0.2, 0.25) is 0 Å². The molecule has 0 aromatic rings. The minimum atomic E-state index is -0.203.